The van der Waals surface area contributed by atoms with Crippen molar-refractivity contribution in [1.29, 1.82) is 0 Å². The van der Waals surface area contributed by atoms with Crippen LogP contribution in [0.5, 0.6) is 0 Å². The van der Waals surface area contributed by atoms with Crippen LogP contribution >= 0.6 is 11.5 Å². The van der Waals surface area contributed by atoms with E-state index >= 15 is 0 Å². The van der Waals surface area contributed by atoms with Crippen molar-refractivity contribution >= 4 is 23.3 Å². The van der Waals surface area contributed by atoms with Gasteiger partial charge in [0.05, 0.1) is 5.69 Å². The number of nitrogens with zero attached hydrogens (tertiary/aromatic N) is 3. The zero-order valence-corrected chi connectivity index (χ0v) is 13.1. The number of rotatable bonds is 4. The highest BCUT2D eigenvalue weighted by atomic mass is 32.1. The Balaban J connectivity index is 2.24. The van der Waals surface area contributed by atoms with Gasteiger partial charge in [0, 0.05) is 0 Å². The normalized spacial score (nSPS) is 18.7. The summed E-state index contributed by atoms with van der Waals surface area (Å²) < 4.78 is 3.87. The molecular weight excluding hydrogens is 290 g/mol. The van der Waals surface area contributed by atoms with E-state index in [-0.39, 0.29) is 17.7 Å². The van der Waals surface area contributed by atoms with Crippen molar-refractivity contribution in [1.82, 2.24) is 14.9 Å². The van der Waals surface area contributed by atoms with Gasteiger partial charge in [0.15, 0.2) is 5.84 Å². The largest absolute Gasteiger partial charge is 0.409 e. The smallest absolute Gasteiger partial charge is 0.265 e. The van der Waals surface area contributed by atoms with Crippen LogP contribution in [-0.2, 0) is 0 Å². The first-order valence-corrected chi connectivity index (χ1v) is 7.90. The first-order chi connectivity index (χ1) is 10.00. The fourth-order valence-electron chi connectivity index (χ4n) is 2.70. The van der Waals surface area contributed by atoms with Crippen LogP contribution in [0.15, 0.2) is 5.16 Å². The lowest BCUT2D eigenvalue weighted by atomic mass is 9.80. The maximum absolute atomic E-state index is 12.6. The number of nitrogens with two attached hydrogens (primary N) is 1. The molecular formula is C13H21N5O2S. The van der Waals surface area contributed by atoms with E-state index in [4.69, 9.17) is 10.9 Å². The van der Waals surface area contributed by atoms with Crippen molar-refractivity contribution in [2.24, 2.45) is 10.9 Å². The molecule has 1 aromatic heterocycles. The molecule has 4 N–H and O–H groups in total. The van der Waals surface area contributed by atoms with E-state index in [2.05, 4.69) is 20.1 Å². The van der Waals surface area contributed by atoms with Gasteiger partial charge in [0.1, 0.15) is 10.4 Å². The van der Waals surface area contributed by atoms with E-state index in [0.717, 1.165) is 30.8 Å². The molecule has 1 aliphatic carbocycles. The molecule has 1 aliphatic rings. The fraction of sp³-hybridized carbons (Fsp3) is 0.692. The summed E-state index contributed by atoms with van der Waals surface area (Å²) in [6.07, 6.45) is 4.33. The van der Waals surface area contributed by atoms with E-state index in [1.807, 2.05) is 13.8 Å². The zero-order valence-electron chi connectivity index (χ0n) is 12.3. The summed E-state index contributed by atoms with van der Waals surface area (Å²) in [6, 6.07) is 0. The third-order valence-corrected chi connectivity index (χ3v) is 4.66. The fourth-order valence-corrected chi connectivity index (χ4v) is 3.42. The molecule has 0 spiro atoms. The first-order valence-electron chi connectivity index (χ1n) is 7.13. The molecule has 8 heteroatoms. The SMILES string of the molecule is CC(C)c1nnsc1C(=O)NC1(C(N)=NO)CCCCC1. The van der Waals surface area contributed by atoms with Crippen LogP contribution in [0.3, 0.4) is 0 Å². The van der Waals surface area contributed by atoms with Crippen LogP contribution in [0.25, 0.3) is 0 Å². The molecule has 0 aliphatic heterocycles. The summed E-state index contributed by atoms with van der Waals surface area (Å²) in [5.74, 6) is -0.0583. The summed E-state index contributed by atoms with van der Waals surface area (Å²) in [4.78, 5) is 13.1. The van der Waals surface area contributed by atoms with Gasteiger partial charge in [-0.2, -0.15) is 0 Å². The average molecular weight is 311 g/mol. The Morgan fingerprint density at radius 1 is 1.43 bits per heavy atom. The summed E-state index contributed by atoms with van der Waals surface area (Å²) in [5.41, 5.74) is 5.76. The summed E-state index contributed by atoms with van der Waals surface area (Å²) in [5, 5.41) is 19.1. The van der Waals surface area contributed by atoms with Crippen LogP contribution in [0.4, 0.5) is 0 Å². The number of aromatic nitrogens is 2. The quantitative estimate of drug-likeness (QED) is 0.340. The predicted octanol–water partition coefficient (Wildman–Crippen LogP) is 1.84. The molecule has 0 unspecified atom stereocenters. The van der Waals surface area contributed by atoms with Crippen LogP contribution in [0.2, 0.25) is 0 Å². The molecule has 2 rings (SSSR count). The zero-order chi connectivity index (χ0) is 15.5. The molecule has 7 nitrogen and oxygen atoms in total. The molecule has 0 aromatic carbocycles. The Bertz CT molecular complexity index is 534. The Morgan fingerprint density at radius 3 is 2.67 bits per heavy atom. The van der Waals surface area contributed by atoms with Gasteiger partial charge in [-0.15, -0.1) is 5.10 Å². The number of hydrogen-bond acceptors (Lipinski definition) is 6. The number of amidine groups is 1. The molecule has 0 bridgehead atoms. The molecule has 1 heterocycles. The van der Waals surface area contributed by atoms with Gasteiger partial charge in [-0.25, -0.2) is 0 Å². The lowest BCUT2D eigenvalue weighted by Crippen LogP contribution is -2.58. The molecule has 1 saturated carbocycles. The maximum Gasteiger partial charge on any atom is 0.265 e. The minimum absolute atomic E-state index is 0.0686. The summed E-state index contributed by atoms with van der Waals surface area (Å²) in [7, 11) is 0. The van der Waals surface area contributed by atoms with Crippen molar-refractivity contribution in [2.75, 3.05) is 0 Å². The number of carbonyl (C=O) groups is 1. The second-order valence-corrected chi connectivity index (χ2v) is 6.48. The second-order valence-electron chi connectivity index (χ2n) is 5.72. The van der Waals surface area contributed by atoms with E-state index in [0.29, 0.717) is 23.4 Å². The van der Waals surface area contributed by atoms with Crippen molar-refractivity contribution in [3.8, 4) is 0 Å². The van der Waals surface area contributed by atoms with Crippen LogP contribution in [0, 0.1) is 0 Å². The van der Waals surface area contributed by atoms with Crippen molar-refractivity contribution < 1.29 is 10.0 Å². The second kappa shape index (κ2) is 6.38. The highest BCUT2D eigenvalue weighted by Crippen LogP contribution is 2.30. The van der Waals surface area contributed by atoms with Crippen molar-refractivity contribution in [3.63, 3.8) is 0 Å². The Kier molecular flexibility index (Phi) is 4.76. The molecule has 0 radical (unpaired) electrons. The van der Waals surface area contributed by atoms with E-state index in [1.54, 1.807) is 0 Å². The maximum atomic E-state index is 12.6. The molecule has 0 atom stereocenters. The standard InChI is InChI=1S/C13H21N5O2S/c1-8(2)9-10(21-18-16-9)11(19)15-13(12(14)17-20)6-4-3-5-7-13/h8,20H,3-7H2,1-2H3,(H2,14,17)(H,15,19). The summed E-state index contributed by atoms with van der Waals surface area (Å²) >= 11 is 1.08. The molecule has 1 fully saturated rings. The van der Waals surface area contributed by atoms with Crippen molar-refractivity contribution in [3.05, 3.63) is 10.6 Å². The lowest BCUT2D eigenvalue weighted by molar-refractivity contribution is 0.0908. The van der Waals surface area contributed by atoms with Gasteiger partial charge in [-0.3, -0.25) is 4.79 Å². The third-order valence-electron chi connectivity index (χ3n) is 3.92. The molecule has 116 valence electrons. The number of oxime groups is 1. The number of hydrogen-bond donors (Lipinski definition) is 3. The minimum Gasteiger partial charge on any atom is -0.409 e. The molecule has 1 amide bonds. The van der Waals surface area contributed by atoms with Gasteiger partial charge in [0.2, 0.25) is 0 Å². The first kappa shape index (κ1) is 15.7. The van der Waals surface area contributed by atoms with E-state index in [9.17, 15) is 4.79 Å². The Labute approximate surface area is 127 Å². The van der Waals surface area contributed by atoms with Gasteiger partial charge in [-0.1, -0.05) is 42.8 Å². The van der Waals surface area contributed by atoms with Crippen molar-refractivity contribution in [2.45, 2.75) is 57.4 Å². The molecule has 0 saturated heterocycles. The topological polar surface area (TPSA) is 113 Å². The van der Waals surface area contributed by atoms with Crippen LogP contribution < -0.4 is 11.1 Å². The van der Waals surface area contributed by atoms with Gasteiger partial charge < -0.3 is 16.3 Å². The highest BCUT2D eigenvalue weighted by molar-refractivity contribution is 7.08. The van der Waals surface area contributed by atoms with Gasteiger partial charge in [0.25, 0.3) is 5.91 Å². The Hall–Kier alpha value is -1.70. The number of carbonyl (C=O) groups excluding carboxylic acids is 1. The predicted molar refractivity (Wildman–Crippen MR) is 80.7 cm³/mol. The van der Waals surface area contributed by atoms with Crippen LogP contribution in [-0.4, -0.2) is 32.1 Å². The average Bonchev–Trinajstić information content (AvgIpc) is 2.97. The number of nitrogens with one attached hydrogen (secondary N) is 1. The molecule has 1 aromatic rings. The molecule has 21 heavy (non-hydrogen) atoms. The van der Waals surface area contributed by atoms with Gasteiger partial charge >= 0.3 is 0 Å². The van der Waals surface area contributed by atoms with Crippen LogP contribution in [0.1, 0.15) is 67.2 Å². The lowest BCUT2D eigenvalue weighted by Gasteiger charge is -2.36. The van der Waals surface area contributed by atoms with E-state index < -0.39 is 5.54 Å². The highest BCUT2D eigenvalue weighted by Gasteiger charge is 2.39. The van der Waals surface area contributed by atoms with Gasteiger partial charge in [-0.05, 0) is 30.3 Å². The minimum atomic E-state index is -0.762. The number of amides is 1. The van der Waals surface area contributed by atoms with E-state index in [1.165, 1.54) is 0 Å². The Morgan fingerprint density at radius 2 is 2.10 bits per heavy atom. The summed E-state index contributed by atoms with van der Waals surface area (Å²) in [6.45, 7) is 3.93. The third kappa shape index (κ3) is 3.15. The monoisotopic (exact) mass is 311 g/mol.